The summed E-state index contributed by atoms with van der Waals surface area (Å²) in [6.07, 6.45) is 2.09. The molecule has 0 radical (unpaired) electrons. The van der Waals surface area contributed by atoms with Crippen LogP contribution < -0.4 is 5.32 Å². The van der Waals surface area contributed by atoms with Gasteiger partial charge < -0.3 is 14.6 Å². The van der Waals surface area contributed by atoms with E-state index in [0.29, 0.717) is 23.6 Å². The quantitative estimate of drug-likeness (QED) is 0.431. The van der Waals surface area contributed by atoms with E-state index in [-0.39, 0.29) is 36.2 Å². The molecular weight excluding hydrogens is 362 g/mol. The lowest BCUT2D eigenvalue weighted by atomic mass is 10.2. The van der Waals surface area contributed by atoms with Gasteiger partial charge in [0.2, 0.25) is 5.91 Å². The van der Waals surface area contributed by atoms with Gasteiger partial charge in [-0.3, -0.25) is 19.7 Å². The van der Waals surface area contributed by atoms with Gasteiger partial charge in [0.25, 0.3) is 11.6 Å². The molecule has 0 fully saturated rings. The van der Waals surface area contributed by atoms with Crippen LogP contribution in [-0.4, -0.2) is 35.2 Å². The van der Waals surface area contributed by atoms with Crippen LogP contribution in [-0.2, 0) is 11.3 Å². The highest BCUT2D eigenvalue weighted by Gasteiger charge is 2.15. The molecule has 1 aromatic carbocycles. The molecule has 2 aromatic rings. The Bertz CT molecular complexity index is 792. The average Bonchev–Trinajstić information content (AvgIpc) is 3.14. The fraction of sp³-hybridized carbons (Fsp3) is 0.294. The number of furan rings is 1. The first-order valence-corrected chi connectivity index (χ1v) is 8.24. The van der Waals surface area contributed by atoms with E-state index in [1.807, 2.05) is 0 Å². The van der Waals surface area contributed by atoms with Gasteiger partial charge >= 0.3 is 0 Å². The average molecular weight is 380 g/mol. The van der Waals surface area contributed by atoms with Crippen molar-refractivity contribution in [2.75, 3.05) is 13.6 Å². The highest BCUT2D eigenvalue weighted by atomic mass is 35.5. The van der Waals surface area contributed by atoms with E-state index in [1.165, 1.54) is 29.4 Å². The number of nitro groups is 1. The number of rotatable bonds is 8. The zero-order chi connectivity index (χ0) is 19.1. The van der Waals surface area contributed by atoms with Crippen molar-refractivity contribution in [3.05, 3.63) is 63.1 Å². The summed E-state index contributed by atoms with van der Waals surface area (Å²) in [6.45, 7) is 0.495. The van der Waals surface area contributed by atoms with Crippen LogP contribution >= 0.6 is 11.6 Å². The Balaban J connectivity index is 1.80. The van der Waals surface area contributed by atoms with E-state index in [0.717, 1.165) is 0 Å². The molecule has 9 heteroatoms. The van der Waals surface area contributed by atoms with Crippen LogP contribution in [0.5, 0.6) is 0 Å². The molecule has 1 heterocycles. The molecule has 0 aliphatic rings. The number of nitrogens with one attached hydrogen (secondary N) is 1. The third-order valence-corrected chi connectivity index (χ3v) is 4.04. The minimum Gasteiger partial charge on any atom is -0.459 e. The second-order valence-corrected chi connectivity index (χ2v) is 6.03. The second kappa shape index (κ2) is 9.00. The fourth-order valence-electron chi connectivity index (χ4n) is 2.27. The van der Waals surface area contributed by atoms with Crippen molar-refractivity contribution in [1.82, 2.24) is 10.2 Å². The van der Waals surface area contributed by atoms with Crippen LogP contribution in [0.15, 0.2) is 41.0 Å². The summed E-state index contributed by atoms with van der Waals surface area (Å²) in [5.74, 6) is -0.271. The van der Waals surface area contributed by atoms with E-state index in [4.69, 9.17) is 16.0 Å². The molecule has 0 atom stereocenters. The van der Waals surface area contributed by atoms with Crippen LogP contribution in [0.1, 0.15) is 29.0 Å². The topological polar surface area (TPSA) is 106 Å². The fourth-order valence-corrected chi connectivity index (χ4v) is 2.44. The Morgan fingerprint density at radius 2 is 2.12 bits per heavy atom. The number of hydrogen-bond donors (Lipinski definition) is 1. The van der Waals surface area contributed by atoms with Crippen molar-refractivity contribution in [2.45, 2.75) is 19.4 Å². The molecule has 1 N–H and O–H groups in total. The molecule has 0 saturated carbocycles. The number of benzene rings is 1. The number of hydrogen-bond acceptors (Lipinski definition) is 5. The van der Waals surface area contributed by atoms with Crippen LogP contribution in [0, 0.1) is 10.1 Å². The Morgan fingerprint density at radius 3 is 2.77 bits per heavy atom. The Morgan fingerprint density at radius 1 is 1.35 bits per heavy atom. The van der Waals surface area contributed by atoms with E-state index >= 15 is 0 Å². The molecule has 0 aliphatic heterocycles. The first-order valence-electron chi connectivity index (χ1n) is 7.87. The lowest BCUT2D eigenvalue weighted by Crippen LogP contribution is -2.28. The van der Waals surface area contributed by atoms with Crippen molar-refractivity contribution in [2.24, 2.45) is 0 Å². The van der Waals surface area contributed by atoms with Crippen LogP contribution in [0.4, 0.5) is 5.69 Å². The molecule has 8 nitrogen and oxygen atoms in total. The Labute approximate surface area is 154 Å². The summed E-state index contributed by atoms with van der Waals surface area (Å²) >= 11 is 6.04. The summed E-state index contributed by atoms with van der Waals surface area (Å²) < 4.78 is 4.97. The van der Waals surface area contributed by atoms with Crippen molar-refractivity contribution in [3.63, 3.8) is 0 Å². The van der Waals surface area contributed by atoms with Crippen molar-refractivity contribution in [3.8, 4) is 0 Å². The van der Waals surface area contributed by atoms with E-state index in [1.54, 1.807) is 19.2 Å². The van der Waals surface area contributed by atoms with Gasteiger partial charge in [0.05, 0.1) is 11.2 Å². The predicted molar refractivity (Wildman–Crippen MR) is 94.9 cm³/mol. The maximum atomic E-state index is 12.2. The highest BCUT2D eigenvalue weighted by Crippen LogP contribution is 2.23. The summed E-state index contributed by atoms with van der Waals surface area (Å²) in [5.41, 5.74) is 0.425. The molecule has 138 valence electrons. The maximum Gasteiger partial charge on any atom is 0.286 e. The molecule has 26 heavy (non-hydrogen) atoms. The number of nitro benzene ring substituents is 1. The smallest absolute Gasteiger partial charge is 0.286 e. The number of nitrogens with zero attached hydrogens (tertiary/aromatic N) is 2. The van der Waals surface area contributed by atoms with Gasteiger partial charge in [0, 0.05) is 43.7 Å². The number of non-ortho nitro benzene ring substituents is 1. The zero-order valence-corrected chi connectivity index (χ0v) is 14.9. The zero-order valence-electron chi connectivity index (χ0n) is 14.1. The van der Waals surface area contributed by atoms with E-state index < -0.39 is 4.92 Å². The lowest BCUT2D eigenvalue weighted by Gasteiger charge is -2.18. The van der Waals surface area contributed by atoms with Gasteiger partial charge in [-0.2, -0.15) is 0 Å². The van der Waals surface area contributed by atoms with Crippen molar-refractivity contribution in [1.29, 1.82) is 0 Å². The molecule has 0 unspecified atom stereocenters. The number of halogens is 1. The van der Waals surface area contributed by atoms with E-state index in [9.17, 15) is 19.7 Å². The molecule has 1 aromatic heterocycles. The first-order chi connectivity index (χ1) is 12.4. The van der Waals surface area contributed by atoms with Gasteiger partial charge in [0.1, 0.15) is 0 Å². The Hall–Kier alpha value is -2.87. The summed E-state index contributed by atoms with van der Waals surface area (Å²) in [5, 5.41) is 13.9. The number of carbonyl (C=O) groups excluding carboxylic acids is 2. The minimum absolute atomic E-state index is 0.0779. The van der Waals surface area contributed by atoms with Gasteiger partial charge in [-0.25, -0.2) is 0 Å². The predicted octanol–water partition coefficient (Wildman–Crippen LogP) is 3.01. The summed E-state index contributed by atoms with van der Waals surface area (Å²) in [7, 11) is 1.60. The van der Waals surface area contributed by atoms with Crippen molar-refractivity contribution < 1.29 is 18.9 Å². The molecule has 0 bridgehead atoms. The molecule has 0 saturated heterocycles. The first kappa shape index (κ1) is 19.5. The molecule has 2 amide bonds. The third-order valence-electron chi connectivity index (χ3n) is 3.67. The van der Waals surface area contributed by atoms with Gasteiger partial charge in [-0.1, -0.05) is 11.6 Å². The van der Waals surface area contributed by atoms with E-state index in [2.05, 4.69) is 5.32 Å². The molecule has 0 aliphatic carbocycles. The standard InChI is InChI=1S/C17H18ClN3O5/c1-20(11-12-10-13(21(24)25)6-7-14(12)18)16(22)5-2-8-19-17(23)15-4-3-9-26-15/h3-4,6-7,9-10H,2,5,8,11H2,1H3,(H,19,23). The molecule has 0 spiro atoms. The normalized spacial score (nSPS) is 10.4. The maximum absolute atomic E-state index is 12.2. The number of amides is 2. The minimum atomic E-state index is -0.511. The van der Waals surface area contributed by atoms with Crippen LogP contribution in [0.3, 0.4) is 0 Å². The summed E-state index contributed by atoms with van der Waals surface area (Å²) in [4.78, 5) is 35.6. The largest absolute Gasteiger partial charge is 0.459 e. The molecular formula is C17H18ClN3O5. The third kappa shape index (κ3) is 5.32. The SMILES string of the molecule is CN(Cc1cc([N+](=O)[O-])ccc1Cl)C(=O)CCCNC(=O)c1ccco1. The highest BCUT2D eigenvalue weighted by molar-refractivity contribution is 6.31. The second-order valence-electron chi connectivity index (χ2n) is 5.62. The van der Waals surface area contributed by atoms with Crippen LogP contribution in [0.25, 0.3) is 0 Å². The number of carbonyl (C=O) groups is 2. The van der Waals surface area contributed by atoms with Crippen molar-refractivity contribution >= 4 is 29.1 Å². The van der Waals surface area contributed by atoms with Gasteiger partial charge in [-0.05, 0) is 30.2 Å². The van der Waals surface area contributed by atoms with Gasteiger partial charge in [0.15, 0.2) is 5.76 Å². The summed E-state index contributed by atoms with van der Waals surface area (Å²) in [6, 6.07) is 7.28. The van der Waals surface area contributed by atoms with Gasteiger partial charge in [-0.15, -0.1) is 0 Å². The lowest BCUT2D eigenvalue weighted by molar-refractivity contribution is -0.384. The monoisotopic (exact) mass is 379 g/mol. The Kier molecular flexibility index (Phi) is 6.74. The van der Waals surface area contributed by atoms with Crippen LogP contribution in [0.2, 0.25) is 5.02 Å². The molecule has 2 rings (SSSR count).